The molecule has 1 atom stereocenters. The van der Waals surface area contributed by atoms with E-state index in [1.54, 1.807) is 0 Å². The molecule has 0 bridgehead atoms. The van der Waals surface area contributed by atoms with Gasteiger partial charge in [-0.3, -0.25) is 0 Å². The second-order valence-corrected chi connectivity index (χ2v) is 4.69. The summed E-state index contributed by atoms with van der Waals surface area (Å²) >= 11 is 0. The maximum absolute atomic E-state index is 5.84. The molecule has 0 fully saturated rings. The fourth-order valence-electron chi connectivity index (χ4n) is 1.96. The predicted octanol–water partition coefficient (Wildman–Crippen LogP) is 3.93. The topological polar surface area (TPSA) is 21.3 Å². The lowest BCUT2D eigenvalue weighted by molar-refractivity contribution is 0.0628. The first-order valence-corrected chi connectivity index (χ1v) is 7.22. The van der Waals surface area contributed by atoms with Gasteiger partial charge in [-0.05, 0) is 38.4 Å². The van der Waals surface area contributed by atoms with Crippen LogP contribution in [-0.2, 0) is 4.74 Å². The summed E-state index contributed by atoms with van der Waals surface area (Å²) in [6.45, 7) is 7.38. The van der Waals surface area contributed by atoms with Gasteiger partial charge in [0.1, 0.15) is 0 Å². The van der Waals surface area contributed by atoms with E-state index in [0.29, 0.717) is 0 Å². The minimum Gasteiger partial charge on any atom is -0.374 e. The number of rotatable bonds is 10. The van der Waals surface area contributed by atoms with Gasteiger partial charge in [-0.1, -0.05) is 50.1 Å². The normalized spacial score (nSPS) is 12.6. The van der Waals surface area contributed by atoms with Crippen molar-refractivity contribution in [3.63, 3.8) is 0 Å². The standard InChI is InChI=1S/C16H27NO/c1-3-17-13-9-4-5-10-14-18-15(2)16-11-7-6-8-12-16/h6-8,11-12,15,17H,3-5,9-10,13-14H2,1-2H3. The molecule has 18 heavy (non-hydrogen) atoms. The number of benzene rings is 1. The van der Waals surface area contributed by atoms with Crippen molar-refractivity contribution in [3.05, 3.63) is 35.9 Å². The fourth-order valence-corrected chi connectivity index (χ4v) is 1.96. The van der Waals surface area contributed by atoms with Crippen molar-refractivity contribution in [3.8, 4) is 0 Å². The smallest absolute Gasteiger partial charge is 0.0796 e. The zero-order valence-electron chi connectivity index (χ0n) is 11.8. The number of unbranched alkanes of at least 4 members (excludes halogenated alkanes) is 3. The van der Waals surface area contributed by atoms with Crippen LogP contribution in [-0.4, -0.2) is 19.7 Å². The summed E-state index contributed by atoms with van der Waals surface area (Å²) in [5.74, 6) is 0. The van der Waals surface area contributed by atoms with E-state index in [9.17, 15) is 0 Å². The van der Waals surface area contributed by atoms with Crippen LogP contribution in [0.4, 0.5) is 0 Å². The highest BCUT2D eigenvalue weighted by Crippen LogP contribution is 2.16. The largest absolute Gasteiger partial charge is 0.374 e. The minimum absolute atomic E-state index is 0.216. The Morgan fingerprint density at radius 1 is 1.06 bits per heavy atom. The molecule has 0 aliphatic heterocycles. The van der Waals surface area contributed by atoms with Crippen LogP contribution in [0.15, 0.2) is 30.3 Å². The maximum Gasteiger partial charge on any atom is 0.0796 e. The fraction of sp³-hybridized carbons (Fsp3) is 0.625. The van der Waals surface area contributed by atoms with Gasteiger partial charge in [-0.15, -0.1) is 0 Å². The van der Waals surface area contributed by atoms with Gasteiger partial charge in [0.05, 0.1) is 6.10 Å². The van der Waals surface area contributed by atoms with Crippen LogP contribution >= 0.6 is 0 Å². The summed E-state index contributed by atoms with van der Waals surface area (Å²) in [4.78, 5) is 0. The van der Waals surface area contributed by atoms with E-state index in [1.165, 1.54) is 31.2 Å². The molecule has 0 spiro atoms. The lowest BCUT2D eigenvalue weighted by Crippen LogP contribution is -2.13. The van der Waals surface area contributed by atoms with E-state index >= 15 is 0 Å². The van der Waals surface area contributed by atoms with E-state index in [4.69, 9.17) is 4.74 Å². The maximum atomic E-state index is 5.84. The molecule has 0 amide bonds. The zero-order chi connectivity index (χ0) is 13.1. The quantitative estimate of drug-likeness (QED) is 0.634. The van der Waals surface area contributed by atoms with Crippen LogP contribution in [0.25, 0.3) is 0 Å². The molecule has 1 aromatic carbocycles. The Kier molecular flexibility index (Phi) is 8.53. The monoisotopic (exact) mass is 249 g/mol. The number of ether oxygens (including phenoxy) is 1. The number of hydrogen-bond acceptors (Lipinski definition) is 2. The third-order valence-electron chi connectivity index (χ3n) is 3.13. The van der Waals surface area contributed by atoms with Crippen LogP contribution < -0.4 is 5.32 Å². The molecule has 0 heterocycles. The van der Waals surface area contributed by atoms with Crippen LogP contribution in [0.1, 0.15) is 51.2 Å². The highest BCUT2D eigenvalue weighted by molar-refractivity contribution is 5.16. The molecular weight excluding hydrogens is 222 g/mol. The highest BCUT2D eigenvalue weighted by atomic mass is 16.5. The lowest BCUT2D eigenvalue weighted by Gasteiger charge is -2.13. The predicted molar refractivity (Wildman–Crippen MR) is 77.8 cm³/mol. The van der Waals surface area contributed by atoms with Gasteiger partial charge in [0.2, 0.25) is 0 Å². The first kappa shape index (κ1) is 15.2. The average Bonchev–Trinajstić information content (AvgIpc) is 2.42. The first-order valence-electron chi connectivity index (χ1n) is 7.22. The third kappa shape index (κ3) is 6.77. The van der Waals surface area contributed by atoms with Crippen molar-refractivity contribution in [2.24, 2.45) is 0 Å². The van der Waals surface area contributed by atoms with E-state index in [2.05, 4.69) is 43.4 Å². The summed E-state index contributed by atoms with van der Waals surface area (Å²) in [6.07, 6.45) is 5.24. The van der Waals surface area contributed by atoms with Crippen molar-refractivity contribution in [2.45, 2.75) is 45.6 Å². The molecule has 1 rings (SSSR count). The number of hydrogen-bond donors (Lipinski definition) is 1. The van der Waals surface area contributed by atoms with E-state index in [1.807, 2.05) is 6.07 Å². The van der Waals surface area contributed by atoms with Crippen LogP contribution in [0.2, 0.25) is 0 Å². The summed E-state index contributed by atoms with van der Waals surface area (Å²) < 4.78 is 5.84. The van der Waals surface area contributed by atoms with Gasteiger partial charge < -0.3 is 10.1 Å². The van der Waals surface area contributed by atoms with E-state index in [-0.39, 0.29) is 6.10 Å². The number of nitrogens with one attached hydrogen (secondary N) is 1. The van der Waals surface area contributed by atoms with E-state index < -0.39 is 0 Å². The minimum atomic E-state index is 0.216. The molecule has 2 heteroatoms. The Balaban J connectivity index is 1.98. The first-order chi connectivity index (χ1) is 8.84. The van der Waals surface area contributed by atoms with Gasteiger partial charge >= 0.3 is 0 Å². The zero-order valence-corrected chi connectivity index (χ0v) is 11.8. The second-order valence-electron chi connectivity index (χ2n) is 4.69. The molecule has 102 valence electrons. The van der Waals surface area contributed by atoms with Gasteiger partial charge in [-0.25, -0.2) is 0 Å². The molecule has 1 aromatic rings. The molecule has 0 aliphatic rings. The molecule has 1 unspecified atom stereocenters. The highest BCUT2D eigenvalue weighted by Gasteiger charge is 2.03. The van der Waals surface area contributed by atoms with Crippen molar-refractivity contribution in [2.75, 3.05) is 19.7 Å². The summed E-state index contributed by atoms with van der Waals surface area (Å²) in [5.41, 5.74) is 1.27. The van der Waals surface area contributed by atoms with Gasteiger partial charge in [0, 0.05) is 6.61 Å². The lowest BCUT2D eigenvalue weighted by atomic mass is 10.1. The Hall–Kier alpha value is -0.860. The van der Waals surface area contributed by atoms with Crippen LogP contribution in [0.3, 0.4) is 0 Å². The summed E-state index contributed by atoms with van der Waals surface area (Å²) in [5, 5.41) is 3.35. The molecule has 0 aliphatic carbocycles. The molecule has 0 saturated carbocycles. The SMILES string of the molecule is CCNCCCCCCOC(C)c1ccccc1. The van der Waals surface area contributed by atoms with Gasteiger partial charge in [0.15, 0.2) is 0 Å². The van der Waals surface area contributed by atoms with Gasteiger partial charge in [0.25, 0.3) is 0 Å². The second kappa shape index (κ2) is 10.1. The Morgan fingerprint density at radius 3 is 2.50 bits per heavy atom. The van der Waals surface area contributed by atoms with Gasteiger partial charge in [-0.2, -0.15) is 0 Å². The van der Waals surface area contributed by atoms with Crippen molar-refractivity contribution >= 4 is 0 Å². The molecule has 0 saturated heterocycles. The Morgan fingerprint density at radius 2 is 1.78 bits per heavy atom. The Labute approximate surface area is 112 Å². The summed E-state index contributed by atoms with van der Waals surface area (Å²) in [6, 6.07) is 10.4. The summed E-state index contributed by atoms with van der Waals surface area (Å²) in [7, 11) is 0. The molecular formula is C16H27NO. The van der Waals surface area contributed by atoms with E-state index in [0.717, 1.165) is 19.7 Å². The average molecular weight is 249 g/mol. The van der Waals surface area contributed by atoms with Crippen molar-refractivity contribution in [1.29, 1.82) is 0 Å². The van der Waals surface area contributed by atoms with Crippen LogP contribution in [0, 0.1) is 0 Å². The van der Waals surface area contributed by atoms with Crippen LogP contribution in [0.5, 0.6) is 0 Å². The van der Waals surface area contributed by atoms with Crippen molar-refractivity contribution in [1.82, 2.24) is 5.32 Å². The Bertz CT molecular complexity index is 286. The third-order valence-corrected chi connectivity index (χ3v) is 3.13. The molecule has 0 radical (unpaired) electrons. The van der Waals surface area contributed by atoms with Crippen molar-refractivity contribution < 1.29 is 4.74 Å². The molecule has 1 N–H and O–H groups in total. The molecule has 2 nitrogen and oxygen atoms in total. The molecule has 0 aromatic heterocycles.